The van der Waals surface area contributed by atoms with Gasteiger partial charge in [-0.15, -0.1) is 11.8 Å². The molecule has 0 aliphatic carbocycles. The van der Waals surface area contributed by atoms with E-state index in [9.17, 15) is 14.0 Å². The van der Waals surface area contributed by atoms with Crippen molar-refractivity contribution in [2.45, 2.75) is 43.7 Å². The van der Waals surface area contributed by atoms with Crippen molar-refractivity contribution in [1.82, 2.24) is 19.2 Å². The molecule has 2 aromatic carbocycles. The fourth-order valence-electron chi connectivity index (χ4n) is 4.07. The molecule has 0 atom stereocenters. The van der Waals surface area contributed by atoms with Crippen LogP contribution in [0.1, 0.15) is 37.1 Å². The van der Waals surface area contributed by atoms with Gasteiger partial charge in [-0.25, -0.2) is 13.9 Å². The Morgan fingerprint density at radius 1 is 1.09 bits per heavy atom. The molecule has 1 aliphatic rings. The van der Waals surface area contributed by atoms with Gasteiger partial charge in [-0.1, -0.05) is 30.3 Å². The summed E-state index contributed by atoms with van der Waals surface area (Å²) in [6.07, 6.45) is 1.57. The Hall–Kier alpha value is -2.87. The Kier molecular flexibility index (Phi) is 7.09. The van der Waals surface area contributed by atoms with Crippen molar-refractivity contribution in [1.29, 1.82) is 0 Å². The van der Waals surface area contributed by atoms with Gasteiger partial charge in [0.1, 0.15) is 11.6 Å². The van der Waals surface area contributed by atoms with E-state index in [4.69, 9.17) is 0 Å². The molecule has 0 unspecified atom stereocenters. The monoisotopic (exact) mass is 454 g/mol. The van der Waals surface area contributed by atoms with E-state index < -0.39 is 0 Å². The minimum Gasteiger partial charge on any atom is -0.342 e. The molecule has 6 nitrogen and oxygen atoms in total. The van der Waals surface area contributed by atoms with Gasteiger partial charge >= 0.3 is 5.69 Å². The minimum atomic E-state index is -0.278. The number of carbonyl (C=O) groups excluding carboxylic acids is 1. The quantitative estimate of drug-likeness (QED) is 0.510. The summed E-state index contributed by atoms with van der Waals surface area (Å²) in [6, 6.07) is 16.0. The molecule has 0 spiro atoms. The Balaban J connectivity index is 1.37. The Morgan fingerprint density at radius 3 is 2.44 bits per heavy atom. The number of carbonyl (C=O) groups is 1. The van der Waals surface area contributed by atoms with Crippen LogP contribution in [0, 0.1) is 5.82 Å². The lowest BCUT2D eigenvalue weighted by molar-refractivity contribution is -0.129. The predicted molar refractivity (Wildman–Crippen MR) is 123 cm³/mol. The third-order valence-corrected chi connectivity index (χ3v) is 6.83. The highest BCUT2D eigenvalue weighted by Crippen LogP contribution is 2.27. The fraction of sp³-hybridized carbons (Fsp3) is 0.375. The lowest BCUT2D eigenvalue weighted by Gasteiger charge is -2.31. The number of benzene rings is 2. The van der Waals surface area contributed by atoms with Crippen LogP contribution in [0.4, 0.5) is 4.39 Å². The molecule has 32 heavy (non-hydrogen) atoms. The topological polar surface area (TPSA) is 60.1 Å². The smallest absolute Gasteiger partial charge is 0.342 e. The van der Waals surface area contributed by atoms with Crippen molar-refractivity contribution < 1.29 is 9.18 Å². The molecule has 3 aromatic rings. The van der Waals surface area contributed by atoms with E-state index in [1.54, 1.807) is 21.4 Å². The maximum Gasteiger partial charge on any atom is 0.346 e. The Morgan fingerprint density at radius 2 is 1.78 bits per heavy atom. The molecule has 1 amide bonds. The number of hydrogen-bond donors (Lipinski definition) is 0. The predicted octanol–water partition coefficient (Wildman–Crippen LogP) is 3.75. The van der Waals surface area contributed by atoms with Gasteiger partial charge in [0.15, 0.2) is 0 Å². The van der Waals surface area contributed by atoms with E-state index in [0.717, 1.165) is 29.1 Å². The van der Waals surface area contributed by atoms with Gasteiger partial charge in [0.2, 0.25) is 5.91 Å². The van der Waals surface area contributed by atoms with Gasteiger partial charge in [-0.2, -0.15) is 5.10 Å². The standard InChI is InChI=1S/C24H27FN4O2S/c1-2-28-23(26-29(24(28)31)16-18-6-4-3-5-7-18)19-12-14-27(15-13-19)22(30)17-32-21-10-8-20(25)9-11-21/h3-11,19H,2,12-17H2,1H3. The van der Waals surface area contributed by atoms with E-state index in [0.29, 0.717) is 31.9 Å². The van der Waals surface area contributed by atoms with Crippen LogP contribution in [0.2, 0.25) is 0 Å². The van der Waals surface area contributed by atoms with E-state index in [1.807, 2.05) is 42.2 Å². The number of likely N-dealkylation sites (tertiary alicyclic amines) is 1. The number of thioether (sulfide) groups is 1. The van der Waals surface area contributed by atoms with Crippen LogP contribution in [0.15, 0.2) is 64.3 Å². The number of halogens is 1. The zero-order valence-corrected chi connectivity index (χ0v) is 18.9. The molecule has 0 radical (unpaired) electrons. The zero-order chi connectivity index (χ0) is 22.5. The molecule has 2 heterocycles. The first-order chi connectivity index (χ1) is 15.5. The van der Waals surface area contributed by atoms with Crippen LogP contribution < -0.4 is 5.69 Å². The van der Waals surface area contributed by atoms with Crippen LogP contribution in [-0.2, 0) is 17.9 Å². The third-order valence-electron chi connectivity index (χ3n) is 5.83. The number of aromatic nitrogens is 3. The normalized spacial score (nSPS) is 14.6. The summed E-state index contributed by atoms with van der Waals surface area (Å²) in [6.45, 7) is 4.30. The summed E-state index contributed by atoms with van der Waals surface area (Å²) in [7, 11) is 0. The Labute approximate surface area is 191 Å². The van der Waals surface area contributed by atoms with Gasteiger partial charge in [-0.3, -0.25) is 9.36 Å². The molecular formula is C24H27FN4O2S. The van der Waals surface area contributed by atoms with Gasteiger partial charge in [-0.05, 0) is 49.6 Å². The summed E-state index contributed by atoms with van der Waals surface area (Å²) in [4.78, 5) is 28.2. The average molecular weight is 455 g/mol. The van der Waals surface area contributed by atoms with Crippen LogP contribution in [0.5, 0.6) is 0 Å². The highest BCUT2D eigenvalue weighted by molar-refractivity contribution is 8.00. The second-order valence-electron chi connectivity index (χ2n) is 7.93. The molecule has 1 fully saturated rings. The number of piperidine rings is 1. The molecule has 1 aromatic heterocycles. The lowest BCUT2D eigenvalue weighted by atomic mass is 9.96. The van der Waals surface area contributed by atoms with E-state index in [1.165, 1.54) is 23.9 Å². The molecule has 0 N–H and O–H groups in total. The molecule has 0 bridgehead atoms. The minimum absolute atomic E-state index is 0.0828. The summed E-state index contributed by atoms with van der Waals surface area (Å²) in [5.41, 5.74) is 0.960. The van der Waals surface area contributed by atoms with Crippen molar-refractivity contribution in [3.05, 3.63) is 82.3 Å². The molecule has 8 heteroatoms. The van der Waals surface area contributed by atoms with Gasteiger partial charge in [0, 0.05) is 30.4 Å². The maximum atomic E-state index is 13.0. The van der Waals surface area contributed by atoms with Crippen molar-refractivity contribution in [3.63, 3.8) is 0 Å². The molecule has 0 saturated carbocycles. The number of nitrogens with zero attached hydrogens (tertiary/aromatic N) is 4. The molecule has 4 rings (SSSR count). The van der Waals surface area contributed by atoms with Crippen molar-refractivity contribution in [2.75, 3.05) is 18.8 Å². The van der Waals surface area contributed by atoms with Crippen molar-refractivity contribution in [2.24, 2.45) is 0 Å². The van der Waals surface area contributed by atoms with Crippen LogP contribution in [-0.4, -0.2) is 44.0 Å². The first-order valence-corrected chi connectivity index (χ1v) is 11.9. The largest absolute Gasteiger partial charge is 0.346 e. The lowest BCUT2D eigenvalue weighted by Crippen LogP contribution is -2.39. The van der Waals surface area contributed by atoms with Gasteiger partial charge < -0.3 is 4.90 Å². The summed E-state index contributed by atoms with van der Waals surface area (Å²) in [5, 5.41) is 4.68. The first-order valence-electron chi connectivity index (χ1n) is 10.9. The van der Waals surface area contributed by atoms with E-state index >= 15 is 0 Å². The zero-order valence-electron chi connectivity index (χ0n) is 18.1. The van der Waals surface area contributed by atoms with Crippen molar-refractivity contribution >= 4 is 17.7 Å². The Bertz CT molecular complexity index is 1100. The van der Waals surface area contributed by atoms with E-state index in [2.05, 4.69) is 5.10 Å². The summed E-state index contributed by atoms with van der Waals surface area (Å²) >= 11 is 1.42. The first kappa shape index (κ1) is 22.3. The van der Waals surface area contributed by atoms with E-state index in [-0.39, 0.29) is 23.3 Å². The number of amides is 1. The number of hydrogen-bond acceptors (Lipinski definition) is 4. The second-order valence-corrected chi connectivity index (χ2v) is 8.97. The molecule has 1 aliphatic heterocycles. The summed E-state index contributed by atoms with van der Waals surface area (Å²) in [5.74, 6) is 1.12. The van der Waals surface area contributed by atoms with Crippen LogP contribution in [0.3, 0.4) is 0 Å². The molecule has 168 valence electrons. The SMILES string of the molecule is CCn1c(C2CCN(C(=O)CSc3ccc(F)cc3)CC2)nn(Cc2ccccc2)c1=O. The van der Waals surface area contributed by atoms with Crippen LogP contribution in [0.25, 0.3) is 0 Å². The third kappa shape index (κ3) is 5.12. The second kappa shape index (κ2) is 10.2. The molecular weight excluding hydrogens is 427 g/mol. The van der Waals surface area contributed by atoms with Crippen LogP contribution >= 0.6 is 11.8 Å². The maximum absolute atomic E-state index is 13.0. The number of rotatable bonds is 7. The average Bonchev–Trinajstić information content (AvgIpc) is 3.14. The summed E-state index contributed by atoms with van der Waals surface area (Å²) < 4.78 is 16.3. The fourth-order valence-corrected chi connectivity index (χ4v) is 4.87. The highest BCUT2D eigenvalue weighted by Gasteiger charge is 2.28. The van der Waals surface area contributed by atoms with Gasteiger partial charge in [0.25, 0.3) is 0 Å². The highest BCUT2D eigenvalue weighted by atomic mass is 32.2. The van der Waals surface area contributed by atoms with Gasteiger partial charge in [0.05, 0.1) is 12.3 Å². The van der Waals surface area contributed by atoms with Crippen molar-refractivity contribution in [3.8, 4) is 0 Å². The molecule has 1 saturated heterocycles.